The van der Waals surface area contributed by atoms with Crippen molar-refractivity contribution in [3.05, 3.63) is 23.0 Å². The quantitative estimate of drug-likeness (QED) is 0.787. The monoisotopic (exact) mass is 291 g/mol. The van der Waals surface area contributed by atoms with Crippen LogP contribution in [0, 0.1) is 5.92 Å². The molecule has 4 rings (SSSR count). The van der Waals surface area contributed by atoms with Crippen LogP contribution in [-0.2, 0) is 4.74 Å². The van der Waals surface area contributed by atoms with Gasteiger partial charge in [0.1, 0.15) is 17.5 Å². The Bertz CT molecular complexity index is 470. The molecule has 2 aliphatic carbocycles. The molecule has 0 radical (unpaired) electrons. The topological polar surface area (TPSA) is 21.3 Å². The maximum atomic E-state index is 14.0. The Kier molecular flexibility index (Phi) is 3.56. The SMILES string of the molecule is FC1C=C2C(=C(C3CCCCC3)OC23CCNCC3)CC1. The molecule has 2 heterocycles. The Hall–Kier alpha value is -0.830. The predicted octanol–water partition coefficient (Wildman–Crippen LogP) is 4.03. The molecule has 1 spiro atoms. The van der Waals surface area contributed by atoms with Crippen molar-refractivity contribution in [1.29, 1.82) is 0 Å². The van der Waals surface area contributed by atoms with E-state index in [1.165, 1.54) is 49.0 Å². The molecule has 2 aliphatic heterocycles. The first-order valence-corrected chi connectivity index (χ1v) is 8.78. The molecule has 21 heavy (non-hydrogen) atoms. The van der Waals surface area contributed by atoms with Gasteiger partial charge in [0.15, 0.2) is 0 Å². The number of allylic oxidation sites excluding steroid dienone is 2. The summed E-state index contributed by atoms with van der Waals surface area (Å²) in [5, 5.41) is 3.42. The van der Waals surface area contributed by atoms with Crippen LogP contribution in [0.3, 0.4) is 0 Å². The zero-order valence-corrected chi connectivity index (χ0v) is 12.8. The second kappa shape index (κ2) is 5.42. The fraction of sp³-hybridized carbons (Fsp3) is 0.778. The number of halogens is 1. The molecule has 1 N–H and O–H groups in total. The summed E-state index contributed by atoms with van der Waals surface area (Å²) in [5.41, 5.74) is 2.42. The average Bonchev–Trinajstić information content (AvgIpc) is 2.83. The molecule has 2 fully saturated rings. The number of ether oxygens (including phenoxy) is 1. The lowest BCUT2D eigenvalue weighted by atomic mass is 9.77. The predicted molar refractivity (Wildman–Crippen MR) is 81.7 cm³/mol. The Morgan fingerprint density at radius 1 is 1.10 bits per heavy atom. The van der Waals surface area contributed by atoms with Gasteiger partial charge in [0.25, 0.3) is 0 Å². The van der Waals surface area contributed by atoms with Crippen LogP contribution in [0.15, 0.2) is 23.0 Å². The normalized spacial score (nSPS) is 32.8. The van der Waals surface area contributed by atoms with Crippen molar-refractivity contribution >= 4 is 0 Å². The summed E-state index contributed by atoms with van der Waals surface area (Å²) < 4.78 is 20.6. The Labute approximate surface area is 126 Å². The second-order valence-corrected chi connectivity index (χ2v) is 7.16. The fourth-order valence-electron chi connectivity index (χ4n) is 4.69. The first kappa shape index (κ1) is 13.8. The molecule has 0 aromatic heterocycles. The van der Waals surface area contributed by atoms with Crippen molar-refractivity contribution in [2.45, 2.75) is 69.6 Å². The van der Waals surface area contributed by atoms with Crippen LogP contribution in [0.25, 0.3) is 0 Å². The Morgan fingerprint density at radius 2 is 1.86 bits per heavy atom. The minimum atomic E-state index is -0.773. The van der Waals surface area contributed by atoms with Gasteiger partial charge in [-0.05, 0) is 50.4 Å². The maximum absolute atomic E-state index is 14.0. The number of rotatable bonds is 1. The number of piperidine rings is 1. The molecule has 2 nitrogen and oxygen atoms in total. The standard InChI is InChI=1S/C18H26FNO/c19-14-6-7-15-16(12-14)18(8-10-20-11-9-18)21-17(15)13-4-2-1-3-5-13/h12-14,20H,1-11H2. The molecular weight excluding hydrogens is 265 g/mol. The van der Waals surface area contributed by atoms with Gasteiger partial charge < -0.3 is 10.1 Å². The molecule has 1 saturated heterocycles. The van der Waals surface area contributed by atoms with E-state index in [9.17, 15) is 4.39 Å². The van der Waals surface area contributed by atoms with E-state index in [4.69, 9.17) is 4.74 Å². The molecule has 116 valence electrons. The Morgan fingerprint density at radius 3 is 2.62 bits per heavy atom. The van der Waals surface area contributed by atoms with Gasteiger partial charge >= 0.3 is 0 Å². The summed E-state index contributed by atoms with van der Waals surface area (Å²) in [4.78, 5) is 0. The van der Waals surface area contributed by atoms with Gasteiger partial charge in [-0.2, -0.15) is 0 Å². The molecule has 1 saturated carbocycles. The summed E-state index contributed by atoms with van der Waals surface area (Å²) >= 11 is 0. The van der Waals surface area contributed by atoms with E-state index in [0.717, 1.165) is 32.4 Å². The van der Waals surface area contributed by atoms with Gasteiger partial charge in [-0.15, -0.1) is 0 Å². The highest BCUT2D eigenvalue weighted by atomic mass is 19.1. The van der Waals surface area contributed by atoms with E-state index in [1.54, 1.807) is 0 Å². The van der Waals surface area contributed by atoms with E-state index in [1.807, 2.05) is 6.08 Å². The summed E-state index contributed by atoms with van der Waals surface area (Å²) in [6.45, 7) is 1.97. The highest BCUT2D eigenvalue weighted by molar-refractivity contribution is 5.48. The van der Waals surface area contributed by atoms with Gasteiger partial charge in [-0.1, -0.05) is 19.3 Å². The molecular formula is C18H26FNO. The first-order valence-electron chi connectivity index (χ1n) is 8.78. The lowest BCUT2D eigenvalue weighted by Gasteiger charge is -2.37. The van der Waals surface area contributed by atoms with Crippen LogP contribution in [0.4, 0.5) is 4.39 Å². The van der Waals surface area contributed by atoms with Crippen molar-refractivity contribution in [2.24, 2.45) is 5.92 Å². The van der Waals surface area contributed by atoms with Crippen LogP contribution in [0.2, 0.25) is 0 Å². The van der Waals surface area contributed by atoms with E-state index < -0.39 is 6.17 Å². The number of fused-ring (bicyclic) bond motifs is 2. The van der Waals surface area contributed by atoms with Crippen LogP contribution in [0.5, 0.6) is 0 Å². The van der Waals surface area contributed by atoms with Gasteiger partial charge in [0, 0.05) is 24.3 Å². The Balaban J connectivity index is 1.69. The molecule has 0 aromatic rings. The van der Waals surface area contributed by atoms with Gasteiger partial charge in [0.2, 0.25) is 0 Å². The number of nitrogens with one attached hydrogen (secondary N) is 1. The second-order valence-electron chi connectivity index (χ2n) is 7.16. The number of hydrogen-bond acceptors (Lipinski definition) is 2. The highest BCUT2D eigenvalue weighted by Crippen LogP contribution is 2.52. The molecule has 4 aliphatic rings. The average molecular weight is 291 g/mol. The third-order valence-corrected chi connectivity index (χ3v) is 5.82. The lowest BCUT2D eigenvalue weighted by molar-refractivity contribution is 0.00893. The van der Waals surface area contributed by atoms with E-state index in [2.05, 4.69) is 5.32 Å². The van der Waals surface area contributed by atoms with Crippen LogP contribution < -0.4 is 5.32 Å². The fourth-order valence-corrected chi connectivity index (χ4v) is 4.69. The molecule has 0 aromatic carbocycles. The summed E-state index contributed by atoms with van der Waals surface area (Å²) in [5.74, 6) is 1.86. The third-order valence-electron chi connectivity index (χ3n) is 5.82. The molecule has 3 heteroatoms. The van der Waals surface area contributed by atoms with E-state index >= 15 is 0 Å². The smallest absolute Gasteiger partial charge is 0.136 e. The first-order chi connectivity index (χ1) is 10.3. The van der Waals surface area contributed by atoms with Gasteiger partial charge in [-0.25, -0.2) is 4.39 Å². The van der Waals surface area contributed by atoms with Crippen molar-refractivity contribution in [3.63, 3.8) is 0 Å². The summed E-state index contributed by atoms with van der Waals surface area (Å²) in [7, 11) is 0. The minimum Gasteiger partial charge on any atom is -0.486 e. The number of hydrogen-bond donors (Lipinski definition) is 1. The minimum absolute atomic E-state index is 0.196. The summed E-state index contributed by atoms with van der Waals surface area (Å²) in [6.07, 6.45) is 11.2. The van der Waals surface area contributed by atoms with Crippen molar-refractivity contribution in [3.8, 4) is 0 Å². The zero-order valence-electron chi connectivity index (χ0n) is 12.8. The lowest BCUT2D eigenvalue weighted by Crippen LogP contribution is -2.44. The molecule has 1 atom stereocenters. The number of alkyl halides is 1. The van der Waals surface area contributed by atoms with E-state index in [0.29, 0.717) is 12.3 Å². The maximum Gasteiger partial charge on any atom is 0.136 e. The molecule has 0 bridgehead atoms. The largest absolute Gasteiger partial charge is 0.486 e. The molecule has 0 amide bonds. The van der Waals surface area contributed by atoms with Crippen molar-refractivity contribution < 1.29 is 9.13 Å². The molecule has 1 unspecified atom stereocenters. The van der Waals surface area contributed by atoms with Crippen LogP contribution in [0.1, 0.15) is 57.8 Å². The van der Waals surface area contributed by atoms with Gasteiger partial charge in [-0.3, -0.25) is 0 Å². The summed E-state index contributed by atoms with van der Waals surface area (Å²) in [6, 6.07) is 0. The highest BCUT2D eigenvalue weighted by Gasteiger charge is 2.48. The zero-order chi connectivity index (χ0) is 14.3. The van der Waals surface area contributed by atoms with Crippen molar-refractivity contribution in [2.75, 3.05) is 13.1 Å². The third kappa shape index (κ3) is 2.34. The van der Waals surface area contributed by atoms with E-state index in [-0.39, 0.29) is 5.60 Å². The van der Waals surface area contributed by atoms with Crippen molar-refractivity contribution in [1.82, 2.24) is 5.32 Å². The van der Waals surface area contributed by atoms with Gasteiger partial charge in [0.05, 0.1) is 0 Å². The van der Waals surface area contributed by atoms with Crippen LogP contribution in [-0.4, -0.2) is 24.9 Å². The van der Waals surface area contributed by atoms with Crippen LogP contribution >= 0.6 is 0 Å².